The molecule has 0 fully saturated rings. The van der Waals surface area contributed by atoms with Crippen molar-refractivity contribution < 1.29 is 19.0 Å². The van der Waals surface area contributed by atoms with Crippen molar-refractivity contribution in [1.82, 2.24) is 14.6 Å². The molecule has 1 aliphatic rings. The first kappa shape index (κ1) is 19.0. The first-order valence-electron chi connectivity index (χ1n) is 9.14. The van der Waals surface area contributed by atoms with Crippen molar-refractivity contribution in [3.63, 3.8) is 0 Å². The van der Waals surface area contributed by atoms with Crippen LogP contribution in [0.25, 0.3) is 11.4 Å². The zero-order valence-corrected chi connectivity index (χ0v) is 16.1. The van der Waals surface area contributed by atoms with E-state index < -0.39 is 11.4 Å². The van der Waals surface area contributed by atoms with Gasteiger partial charge in [0.1, 0.15) is 24.0 Å². The Morgan fingerprint density at radius 1 is 1.52 bits per heavy atom. The molecular formula is C20H22FN5O3. The van der Waals surface area contributed by atoms with E-state index in [1.54, 1.807) is 12.3 Å². The van der Waals surface area contributed by atoms with Gasteiger partial charge in [0.15, 0.2) is 22.7 Å². The molecule has 1 unspecified atom stereocenters. The molecule has 0 radical (unpaired) electrons. The average Bonchev–Trinajstić information content (AvgIpc) is 3.11. The first-order valence-corrected chi connectivity index (χ1v) is 9.14. The Morgan fingerprint density at radius 2 is 2.31 bits per heavy atom. The van der Waals surface area contributed by atoms with Crippen molar-refractivity contribution in [3.8, 4) is 11.5 Å². The van der Waals surface area contributed by atoms with Crippen molar-refractivity contribution in [3.05, 3.63) is 54.1 Å². The fourth-order valence-corrected chi connectivity index (χ4v) is 3.19. The molecule has 29 heavy (non-hydrogen) atoms. The molecule has 0 aliphatic carbocycles. The van der Waals surface area contributed by atoms with Crippen molar-refractivity contribution in [2.45, 2.75) is 25.5 Å². The molecule has 0 saturated heterocycles. The Bertz CT molecular complexity index is 1100. The fraction of sp³-hybridized carbons (Fsp3) is 0.300. The molecular weight excluding hydrogens is 377 g/mol. The summed E-state index contributed by atoms with van der Waals surface area (Å²) in [6.07, 6.45) is 3.19. The second kappa shape index (κ2) is 6.93. The standard InChI is InChI=1S/C20H22FN5O3/c1-11(24-17-4-5-26-19(25-17)15(8-23-26)12(2)27)14-6-13(21)7-16-18(14)29-20(3,9-22)10-28-16/h4-8,11,27H,2,9-10,22H2,1,3H3,(H,24,25)/t11-,20?/m1/s1. The van der Waals surface area contributed by atoms with Crippen LogP contribution in [-0.4, -0.2) is 38.5 Å². The number of hydrogen-bond donors (Lipinski definition) is 3. The molecule has 2 aromatic heterocycles. The number of halogens is 1. The van der Waals surface area contributed by atoms with Gasteiger partial charge in [-0.25, -0.2) is 13.9 Å². The maximum atomic E-state index is 14.2. The lowest BCUT2D eigenvalue weighted by Gasteiger charge is -2.36. The Morgan fingerprint density at radius 3 is 3.03 bits per heavy atom. The van der Waals surface area contributed by atoms with Gasteiger partial charge in [-0.15, -0.1) is 0 Å². The highest BCUT2D eigenvalue weighted by atomic mass is 19.1. The van der Waals surface area contributed by atoms with Crippen molar-refractivity contribution >= 4 is 17.2 Å². The molecule has 4 rings (SSSR count). The number of hydrogen-bond acceptors (Lipinski definition) is 7. The van der Waals surface area contributed by atoms with Crippen LogP contribution in [0.5, 0.6) is 11.5 Å². The predicted molar refractivity (Wildman–Crippen MR) is 107 cm³/mol. The number of fused-ring (bicyclic) bond motifs is 2. The summed E-state index contributed by atoms with van der Waals surface area (Å²) in [4.78, 5) is 4.48. The maximum Gasteiger partial charge on any atom is 0.168 e. The van der Waals surface area contributed by atoms with Gasteiger partial charge in [0.05, 0.1) is 17.8 Å². The van der Waals surface area contributed by atoms with Gasteiger partial charge in [0, 0.05) is 24.4 Å². The van der Waals surface area contributed by atoms with E-state index in [0.717, 1.165) is 0 Å². The van der Waals surface area contributed by atoms with Crippen LogP contribution in [0.3, 0.4) is 0 Å². The van der Waals surface area contributed by atoms with Gasteiger partial charge in [-0.2, -0.15) is 5.10 Å². The summed E-state index contributed by atoms with van der Waals surface area (Å²) in [6.45, 7) is 7.74. The molecule has 8 nitrogen and oxygen atoms in total. The van der Waals surface area contributed by atoms with Crippen LogP contribution in [0.1, 0.15) is 31.0 Å². The molecule has 9 heteroatoms. The normalized spacial score (nSPS) is 19.2. The van der Waals surface area contributed by atoms with Crippen LogP contribution in [0.2, 0.25) is 0 Å². The molecule has 0 amide bonds. The zero-order valence-electron chi connectivity index (χ0n) is 16.1. The van der Waals surface area contributed by atoms with E-state index in [2.05, 4.69) is 22.0 Å². The van der Waals surface area contributed by atoms with Gasteiger partial charge in [-0.05, 0) is 26.0 Å². The summed E-state index contributed by atoms with van der Waals surface area (Å²) in [5.74, 6) is 0.774. The Balaban J connectivity index is 1.68. The minimum atomic E-state index is -0.690. The lowest BCUT2D eigenvalue weighted by molar-refractivity contribution is 0.0119. The zero-order chi connectivity index (χ0) is 20.8. The quantitative estimate of drug-likeness (QED) is 0.566. The Hall–Kier alpha value is -3.33. The fourth-order valence-electron chi connectivity index (χ4n) is 3.19. The number of anilines is 1. The van der Waals surface area contributed by atoms with Crippen LogP contribution in [0, 0.1) is 5.82 Å². The van der Waals surface area contributed by atoms with E-state index >= 15 is 0 Å². The van der Waals surface area contributed by atoms with Gasteiger partial charge in [0.25, 0.3) is 0 Å². The lowest BCUT2D eigenvalue weighted by Crippen LogP contribution is -2.48. The number of ether oxygens (including phenoxy) is 2. The van der Waals surface area contributed by atoms with E-state index in [1.807, 2.05) is 13.8 Å². The number of benzene rings is 1. The average molecular weight is 399 g/mol. The number of aromatic nitrogens is 3. The molecule has 4 N–H and O–H groups in total. The van der Waals surface area contributed by atoms with Crippen LogP contribution in [0.15, 0.2) is 37.2 Å². The summed E-state index contributed by atoms with van der Waals surface area (Å²) < 4.78 is 27.5. The highest BCUT2D eigenvalue weighted by molar-refractivity contribution is 5.70. The van der Waals surface area contributed by atoms with Gasteiger partial charge in [-0.1, -0.05) is 6.58 Å². The molecule has 3 heterocycles. The third-order valence-electron chi connectivity index (χ3n) is 4.87. The minimum Gasteiger partial charge on any atom is -0.508 e. The Kier molecular flexibility index (Phi) is 4.54. The molecule has 0 bridgehead atoms. The number of aliphatic hydroxyl groups excluding tert-OH is 1. The molecule has 3 aromatic rings. The molecule has 1 aliphatic heterocycles. The first-order chi connectivity index (χ1) is 13.8. The summed E-state index contributed by atoms with van der Waals surface area (Å²) in [5.41, 5.74) is 6.59. The number of nitrogens with zero attached hydrogens (tertiary/aromatic N) is 3. The highest BCUT2D eigenvalue weighted by Crippen LogP contribution is 2.42. The lowest BCUT2D eigenvalue weighted by atomic mass is 10.0. The minimum absolute atomic E-state index is 0.122. The number of nitrogens with one attached hydrogen (secondary N) is 1. The smallest absolute Gasteiger partial charge is 0.168 e. The summed E-state index contributed by atoms with van der Waals surface area (Å²) in [7, 11) is 0. The second-order valence-electron chi connectivity index (χ2n) is 7.32. The number of rotatable bonds is 5. The SMILES string of the molecule is C=C(O)c1cnn2ccc(N[C@H](C)c3cc(F)cc4c3OC(C)(CN)CO4)nc12. The predicted octanol–water partition coefficient (Wildman–Crippen LogP) is 3.06. The monoisotopic (exact) mass is 399 g/mol. The number of aliphatic hydroxyl groups is 1. The van der Waals surface area contributed by atoms with E-state index in [4.69, 9.17) is 15.2 Å². The molecule has 152 valence electrons. The topological polar surface area (TPSA) is 107 Å². The van der Waals surface area contributed by atoms with Crippen molar-refractivity contribution in [1.29, 1.82) is 0 Å². The maximum absolute atomic E-state index is 14.2. The molecule has 0 spiro atoms. The highest BCUT2D eigenvalue weighted by Gasteiger charge is 2.34. The molecule has 2 atom stereocenters. The van der Waals surface area contributed by atoms with Crippen LogP contribution in [0.4, 0.5) is 10.2 Å². The van der Waals surface area contributed by atoms with Crippen LogP contribution in [-0.2, 0) is 0 Å². The number of nitrogens with two attached hydrogens (primary N) is 1. The third kappa shape index (κ3) is 3.44. The van der Waals surface area contributed by atoms with Gasteiger partial charge in [0.2, 0.25) is 0 Å². The van der Waals surface area contributed by atoms with Crippen LogP contribution < -0.4 is 20.5 Å². The van der Waals surface area contributed by atoms with E-state index in [-0.39, 0.29) is 25.0 Å². The largest absolute Gasteiger partial charge is 0.508 e. The van der Waals surface area contributed by atoms with Crippen molar-refractivity contribution in [2.75, 3.05) is 18.5 Å². The summed E-state index contributed by atoms with van der Waals surface area (Å²) in [5, 5.41) is 17.1. The third-order valence-corrected chi connectivity index (χ3v) is 4.87. The summed E-state index contributed by atoms with van der Waals surface area (Å²) >= 11 is 0. The van der Waals surface area contributed by atoms with Crippen molar-refractivity contribution in [2.24, 2.45) is 5.73 Å². The molecule has 1 aromatic carbocycles. The summed E-state index contributed by atoms with van der Waals surface area (Å²) in [6, 6.07) is 4.08. The van der Waals surface area contributed by atoms with Gasteiger partial charge in [-0.3, -0.25) is 0 Å². The molecule has 0 saturated carbocycles. The van der Waals surface area contributed by atoms with E-state index in [0.29, 0.717) is 34.1 Å². The van der Waals surface area contributed by atoms with Crippen LogP contribution >= 0.6 is 0 Å². The Labute approximate surface area is 166 Å². The second-order valence-corrected chi connectivity index (χ2v) is 7.32. The van der Waals surface area contributed by atoms with E-state index in [9.17, 15) is 9.50 Å². The van der Waals surface area contributed by atoms with Gasteiger partial charge >= 0.3 is 0 Å². The van der Waals surface area contributed by atoms with E-state index in [1.165, 1.54) is 22.8 Å². The van der Waals surface area contributed by atoms with Gasteiger partial charge < -0.3 is 25.6 Å².